The molecule has 4 nitrogen and oxygen atoms in total. The summed E-state index contributed by atoms with van der Waals surface area (Å²) in [4.78, 5) is 13.2. The summed E-state index contributed by atoms with van der Waals surface area (Å²) in [6.45, 7) is 1.63. The number of halogens is 1. The second kappa shape index (κ2) is 5.16. The maximum atomic E-state index is 11.9. The van der Waals surface area contributed by atoms with E-state index in [2.05, 4.69) is 22.6 Å². The fourth-order valence-electron chi connectivity index (χ4n) is 1.13. The fourth-order valence-corrected chi connectivity index (χ4v) is 1.62. The van der Waals surface area contributed by atoms with E-state index in [1.54, 1.807) is 19.1 Å². The second-order valence-corrected chi connectivity index (χ2v) is 4.63. The molecule has 1 amide bonds. The van der Waals surface area contributed by atoms with E-state index < -0.39 is 6.04 Å². The molecule has 0 bridgehead atoms. The molecule has 1 N–H and O–H groups in total. The molecule has 0 spiro atoms. The monoisotopic (exact) mass is 330 g/mol. The Labute approximate surface area is 108 Å². The van der Waals surface area contributed by atoms with Gasteiger partial charge in [0.15, 0.2) is 0 Å². The molecule has 0 aliphatic heterocycles. The van der Waals surface area contributed by atoms with Crippen molar-refractivity contribution in [1.29, 1.82) is 5.26 Å². The third kappa shape index (κ3) is 2.64. The number of phenolic OH excluding ortho intramolecular Hbond substituents is 1. The third-order valence-electron chi connectivity index (χ3n) is 2.28. The topological polar surface area (TPSA) is 64.3 Å². The van der Waals surface area contributed by atoms with E-state index in [0.717, 1.165) is 3.57 Å². The lowest BCUT2D eigenvalue weighted by Gasteiger charge is -2.19. The lowest BCUT2D eigenvalue weighted by Crippen LogP contribution is -2.34. The molecule has 0 aliphatic carbocycles. The Morgan fingerprint density at radius 1 is 1.62 bits per heavy atom. The average molecular weight is 330 g/mol. The number of aromatic hydroxyl groups is 1. The smallest absolute Gasteiger partial charge is 0.258 e. The minimum absolute atomic E-state index is 0.0672. The minimum Gasteiger partial charge on any atom is -0.507 e. The molecule has 1 atom stereocenters. The van der Waals surface area contributed by atoms with Gasteiger partial charge in [0, 0.05) is 10.6 Å². The minimum atomic E-state index is -0.523. The van der Waals surface area contributed by atoms with Gasteiger partial charge >= 0.3 is 0 Å². The van der Waals surface area contributed by atoms with Crippen LogP contribution in [0.5, 0.6) is 5.75 Å². The molecule has 0 aliphatic rings. The first-order valence-corrected chi connectivity index (χ1v) is 5.70. The number of carbonyl (C=O) groups is 1. The summed E-state index contributed by atoms with van der Waals surface area (Å²) in [6, 6.07) is 6.22. The van der Waals surface area contributed by atoms with Crippen LogP contribution >= 0.6 is 22.6 Å². The average Bonchev–Trinajstić information content (AvgIpc) is 2.29. The van der Waals surface area contributed by atoms with Gasteiger partial charge in [0.1, 0.15) is 11.8 Å². The van der Waals surface area contributed by atoms with Crippen LogP contribution in [0.15, 0.2) is 18.2 Å². The number of nitriles is 1. The zero-order valence-electron chi connectivity index (χ0n) is 8.94. The van der Waals surface area contributed by atoms with Gasteiger partial charge in [0.05, 0.1) is 11.6 Å². The number of carbonyl (C=O) groups excluding carboxylic acids is 1. The number of nitrogens with zero attached hydrogens (tertiary/aromatic N) is 2. The van der Waals surface area contributed by atoms with E-state index in [1.807, 2.05) is 6.07 Å². The van der Waals surface area contributed by atoms with Gasteiger partial charge in [-0.1, -0.05) is 0 Å². The SMILES string of the molecule is CC(C#N)N(C)C(=O)c1cc(I)ccc1O. The van der Waals surface area contributed by atoms with Gasteiger partial charge in [0.25, 0.3) is 5.91 Å². The van der Waals surface area contributed by atoms with Crippen LogP contribution in [0.3, 0.4) is 0 Å². The molecule has 5 heteroatoms. The van der Waals surface area contributed by atoms with Crippen molar-refractivity contribution in [2.45, 2.75) is 13.0 Å². The molecule has 0 saturated carbocycles. The first-order chi connectivity index (χ1) is 7.47. The quantitative estimate of drug-likeness (QED) is 0.844. The van der Waals surface area contributed by atoms with Gasteiger partial charge in [0.2, 0.25) is 0 Å². The number of rotatable bonds is 2. The Morgan fingerprint density at radius 3 is 2.81 bits per heavy atom. The van der Waals surface area contributed by atoms with Gasteiger partial charge in [-0.2, -0.15) is 5.26 Å². The van der Waals surface area contributed by atoms with Crippen molar-refractivity contribution in [1.82, 2.24) is 4.90 Å². The van der Waals surface area contributed by atoms with Crippen molar-refractivity contribution in [3.63, 3.8) is 0 Å². The first kappa shape index (κ1) is 12.8. The predicted octanol–water partition coefficient (Wildman–Crippen LogP) is 1.98. The normalized spacial score (nSPS) is 11.6. The summed E-state index contributed by atoms with van der Waals surface area (Å²) < 4.78 is 0.858. The number of amides is 1. The van der Waals surface area contributed by atoms with Crippen LogP contribution in [0.1, 0.15) is 17.3 Å². The lowest BCUT2D eigenvalue weighted by atomic mass is 10.1. The van der Waals surface area contributed by atoms with Crippen molar-refractivity contribution in [3.05, 3.63) is 27.3 Å². The zero-order valence-corrected chi connectivity index (χ0v) is 11.1. The first-order valence-electron chi connectivity index (χ1n) is 4.62. The van der Waals surface area contributed by atoms with Gasteiger partial charge in [-0.25, -0.2) is 0 Å². The van der Waals surface area contributed by atoms with Crippen molar-refractivity contribution < 1.29 is 9.90 Å². The summed E-state index contributed by atoms with van der Waals surface area (Å²) in [5.74, 6) is -0.424. The predicted molar refractivity (Wildman–Crippen MR) is 68.0 cm³/mol. The molecule has 0 radical (unpaired) electrons. The van der Waals surface area contributed by atoms with Crippen molar-refractivity contribution in [3.8, 4) is 11.8 Å². The Kier molecular flexibility index (Phi) is 4.12. The van der Waals surface area contributed by atoms with E-state index in [0.29, 0.717) is 0 Å². The molecule has 1 unspecified atom stereocenters. The largest absolute Gasteiger partial charge is 0.507 e. The van der Waals surface area contributed by atoms with Crippen LogP contribution in [-0.2, 0) is 0 Å². The summed E-state index contributed by atoms with van der Waals surface area (Å²) in [5.41, 5.74) is 0.219. The van der Waals surface area contributed by atoms with Crippen LogP contribution in [0.4, 0.5) is 0 Å². The van der Waals surface area contributed by atoms with Gasteiger partial charge in [-0.05, 0) is 47.7 Å². The van der Waals surface area contributed by atoms with Gasteiger partial charge < -0.3 is 10.0 Å². The van der Waals surface area contributed by atoms with E-state index in [-0.39, 0.29) is 17.2 Å². The molecule has 84 valence electrons. The molecule has 0 fully saturated rings. The van der Waals surface area contributed by atoms with E-state index >= 15 is 0 Å². The number of hydrogen-bond donors (Lipinski definition) is 1. The van der Waals surface area contributed by atoms with E-state index in [4.69, 9.17) is 5.26 Å². The van der Waals surface area contributed by atoms with Crippen LogP contribution in [-0.4, -0.2) is 29.0 Å². The van der Waals surface area contributed by atoms with Crippen LogP contribution < -0.4 is 0 Å². The Balaban J connectivity index is 3.06. The van der Waals surface area contributed by atoms with Gasteiger partial charge in [-0.15, -0.1) is 0 Å². The summed E-state index contributed by atoms with van der Waals surface area (Å²) in [7, 11) is 1.54. The summed E-state index contributed by atoms with van der Waals surface area (Å²) in [6.07, 6.45) is 0. The molecule has 1 aromatic carbocycles. The number of benzene rings is 1. The fraction of sp³-hybridized carbons (Fsp3) is 0.273. The highest BCUT2D eigenvalue weighted by Crippen LogP contribution is 2.21. The summed E-state index contributed by atoms with van der Waals surface area (Å²) in [5, 5.41) is 18.3. The Morgan fingerprint density at radius 2 is 2.25 bits per heavy atom. The van der Waals surface area contributed by atoms with Crippen molar-refractivity contribution in [2.75, 3.05) is 7.05 Å². The van der Waals surface area contributed by atoms with Gasteiger partial charge in [-0.3, -0.25) is 4.79 Å². The highest BCUT2D eigenvalue weighted by molar-refractivity contribution is 14.1. The van der Waals surface area contributed by atoms with E-state index in [1.165, 1.54) is 18.0 Å². The maximum absolute atomic E-state index is 11.9. The molecular formula is C11H11IN2O2. The highest BCUT2D eigenvalue weighted by atomic mass is 127. The van der Waals surface area contributed by atoms with Crippen molar-refractivity contribution in [2.24, 2.45) is 0 Å². The van der Waals surface area contributed by atoms with Crippen LogP contribution in [0.25, 0.3) is 0 Å². The molecular weight excluding hydrogens is 319 g/mol. The Bertz CT molecular complexity index is 454. The second-order valence-electron chi connectivity index (χ2n) is 3.38. The van der Waals surface area contributed by atoms with Crippen LogP contribution in [0, 0.1) is 14.9 Å². The van der Waals surface area contributed by atoms with Crippen molar-refractivity contribution >= 4 is 28.5 Å². The Hall–Kier alpha value is -1.29. The van der Waals surface area contributed by atoms with Crippen LogP contribution in [0.2, 0.25) is 0 Å². The number of phenols is 1. The third-order valence-corrected chi connectivity index (χ3v) is 2.95. The molecule has 0 aromatic heterocycles. The highest BCUT2D eigenvalue weighted by Gasteiger charge is 2.19. The maximum Gasteiger partial charge on any atom is 0.258 e. The molecule has 16 heavy (non-hydrogen) atoms. The standard InChI is InChI=1S/C11H11IN2O2/c1-7(6-13)14(2)11(16)9-5-8(12)3-4-10(9)15/h3-5,7,15H,1-2H3. The zero-order chi connectivity index (χ0) is 12.3. The molecule has 0 heterocycles. The summed E-state index contributed by atoms with van der Waals surface area (Å²) >= 11 is 2.06. The molecule has 1 rings (SSSR count). The number of hydrogen-bond acceptors (Lipinski definition) is 3. The molecule has 0 saturated heterocycles. The lowest BCUT2D eigenvalue weighted by molar-refractivity contribution is 0.0770. The molecule has 1 aromatic rings. The van der Waals surface area contributed by atoms with E-state index in [9.17, 15) is 9.90 Å².